The lowest BCUT2D eigenvalue weighted by atomic mass is 10.2. The number of aryl methyl sites for hydroxylation is 2. The number of hydrogen-bond donors (Lipinski definition) is 1. The molecule has 0 saturated heterocycles. The first-order chi connectivity index (χ1) is 12.3. The minimum absolute atomic E-state index is 0.0581. The maximum Gasteiger partial charge on any atom is 0.244 e. The van der Waals surface area contributed by atoms with Crippen molar-refractivity contribution in [1.29, 1.82) is 0 Å². The SMILES string of the molecule is Cc1nc(SCC(=O)N(C)CC(=O)Nc2ccccc2Cl)nc(C)c1C. The summed E-state index contributed by atoms with van der Waals surface area (Å²) in [5.41, 5.74) is 3.38. The highest BCUT2D eigenvalue weighted by molar-refractivity contribution is 7.99. The van der Waals surface area contributed by atoms with Crippen LogP contribution >= 0.6 is 23.4 Å². The van der Waals surface area contributed by atoms with Gasteiger partial charge in [-0.25, -0.2) is 9.97 Å². The summed E-state index contributed by atoms with van der Waals surface area (Å²) in [5.74, 6) is -0.321. The molecular weight excluding hydrogens is 372 g/mol. The van der Waals surface area contributed by atoms with E-state index in [2.05, 4.69) is 15.3 Å². The molecule has 0 spiro atoms. The van der Waals surface area contributed by atoms with E-state index in [4.69, 9.17) is 11.6 Å². The van der Waals surface area contributed by atoms with Gasteiger partial charge in [-0.05, 0) is 38.5 Å². The summed E-state index contributed by atoms with van der Waals surface area (Å²) in [6.07, 6.45) is 0. The van der Waals surface area contributed by atoms with Crippen LogP contribution in [0.15, 0.2) is 29.4 Å². The maximum absolute atomic E-state index is 12.3. The molecule has 0 bridgehead atoms. The van der Waals surface area contributed by atoms with Crippen molar-refractivity contribution < 1.29 is 9.59 Å². The zero-order valence-electron chi connectivity index (χ0n) is 15.2. The highest BCUT2D eigenvalue weighted by Gasteiger charge is 2.15. The third-order valence-electron chi connectivity index (χ3n) is 3.89. The van der Waals surface area contributed by atoms with Crippen molar-refractivity contribution in [2.45, 2.75) is 25.9 Å². The number of likely N-dealkylation sites (N-methyl/N-ethyl adjacent to an activating group) is 1. The number of hydrogen-bond acceptors (Lipinski definition) is 5. The third kappa shape index (κ3) is 5.44. The van der Waals surface area contributed by atoms with E-state index in [0.29, 0.717) is 15.9 Å². The van der Waals surface area contributed by atoms with Crippen LogP contribution in [0.1, 0.15) is 17.0 Å². The number of benzene rings is 1. The molecule has 8 heteroatoms. The number of para-hydroxylation sites is 1. The van der Waals surface area contributed by atoms with Crippen LogP contribution in [0.2, 0.25) is 5.02 Å². The van der Waals surface area contributed by atoms with E-state index in [0.717, 1.165) is 17.0 Å². The molecule has 0 aliphatic heterocycles. The van der Waals surface area contributed by atoms with Gasteiger partial charge in [0.25, 0.3) is 0 Å². The largest absolute Gasteiger partial charge is 0.336 e. The number of aromatic nitrogens is 2. The smallest absolute Gasteiger partial charge is 0.244 e. The first-order valence-corrected chi connectivity index (χ1v) is 9.37. The van der Waals surface area contributed by atoms with Gasteiger partial charge in [0.1, 0.15) is 0 Å². The number of amides is 2. The molecule has 1 N–H and O–H groups in total. The summed E-state index contributed by atoms with van der Waals surface area (Å²) in [5, 5.41) is 3.71. The first kappa shape index (κ1) is 20.2. The molecule has 1 aromatic heterocycles. The van der Waals surface area contributed by atoms with Gasteiger partial charge in [-0.15, -0.1) is 0 Å². The fraction of sp³-hybridized carbons (Fsp3) is 0.333. The molecule has 138 valence electrons. The molecule has 1 aromatic carbocycles. The molecule has 0 atom stereocenters. The number of halogens is 1. The van der Waals surface area contributed by atoms with E-state index >= 15 is 0 Å². The van der Waals surface area contributed by atoms with E-state index in [1.165, 1.54) is 16.7 Å². The van der Waals surface area contributed by atoms with Crippen molar-refractivity contribution in [2.75, 3.05) is 24.7 Å². The van der Waals surface area contributed by atoms with Crippen LogP contribution in [0.3, 0.4) is 0 Å². The van der Waals surface area contributed by atoms with Gasteiger partial charge in [-0.1, -0.05) is 35.5 Å². The van der Waals surface area contributed by atoms with Crippen LogP contribution in [0.25, 0.3) is 0 Å². The number of anilines is 1. The van der Waals surface area contributed by atoms with Crippen molar-refractivity contribution >= 4 is 40.9 Å². The molecule has 0 saturated carbocycles. The Hall–Kier alpha value is -2.12. The quantitative estimate of drug-likeness (QED) is 0.603. The highest BCUT2D eigenvalue weighted by Crippen LogP contribution is 2.20. The average molecular weight is 393 g/mol. The summed E-state index contributed by atoms with van der Waals surface area (Å²) in [6.45, 7) is 5.75. The number of rotatable bonds is 6. The topological polar surface area (TPSA) is 75.2 Å². The van der Waals surface area contributed by atoms with E-state index in [1.54, 1.807) is 31.3 Å². The van der Waals surface area contributed by atoms with Gasteiger partial charge in [-0.3, -0.25) is 9.59 Å². The van der Waals surface area contributed by atoms with Crippen molar-refractivity contribution in [2.24, 2.45) is 0 Å². The number of carbonyl (C=O) groups excluding carboxylic acids is 2. The predicted octanol–water partition coefficient (Wildman–Crippen LogP) is 3.24. The van der Waals surface area contributed by atoms with Gasteiger partial charge in [0.2, 0.25) is 11.8 Å². The first-order valence-electron chi connectivity index (χ1n) is 8.01. The van der Waals surface area contributed by atoms with Crippen molar-refractivity contribution in [3.63, 3.8) is 0 Å². The predicted molar refractivity (Wildman–Crippen MR) is 105 cm³/mol. The molecule has 26 heavy (non-hydrogen) atoms. The van der Waals surface area contributed by atoms with Crippen LogP contribution in [-0.4, -0.2) is 46.0 Å². The third-order valence-corrected chi connectivity index (χ3v) is 5.05. The normalized spacial score (nSPS) is 10.5. The summed E-state index contributed by atoms with van der Waals surface area (Å²) in [4.78, 5) is 34.5. The van der Waals surface area contributed by atoms with Gasteiger partial charge >= 0.3 is 0 Å². The second-order valence-electron chi connectivity index (χ2n) is 5.87. The van der Waals surface area contributed by atoms with Crippen LogP contribution in [0.5, 0.6) is 0 Å². The Kier molecular flexibility index (Phi) is 6.99. The summed E-state index contributed by atoms with van der Waals surface area (Å²) >= 11 is 7.27. The lowest BCUT2D eigenvalue weighted by molar-refractivity contribution is -0.131. The van der Waals surface area contributed by atoms with E-state index in [9.17, 15) is 9.59 Å². The Morgan fingerprint density at radius 2 is 1.77 bits per heavy atom. The fourth-order valence-corrected chi connectivity index (χ4v) is 3.16. The van der Waals surface area contributed by atoms with E-state index in [1.807, 2.05) is 20.8 Å². The van der Waals surface area contributed by atoms with Crippen molar-refractivity contribution in [3.05, 3.63) is 46.2 Å². The minimum atomic E-state index is -0.308. The van der Waals surface area contributed by atoms with E-state index in [-0.39, 0.29) is 24.1 Å². The summed E-state index contributed by atoms with van der Waals surface area (Å²) in [7, 11) is 1.58. The molecule has 2 rings (SSSR count). The zero-order valence-corrected chi connectivity index (χ0v) is 16.7. The van der Waals surface area contributed by atoms with Gasteiger partial charge in [0.15, 0.2) is 5.16 Å². The van der Waals surface area contributed by atoms with E-state index < -0.39 is 0 Å². The average Bonchev–Trinajstić information content (AvgIpc) is 2.59. The number of nitrogens with zero attached hydrogens (tertiary/aromatic N) is 3. The Balaban J connectivity index is 1.87. The number of thioether (sulfide) groups is 1. The van der Waals surface area contributed by atoms with Gasteiger partial charge in [0.05, 0.1) is 23.0 Å². The van der Waals surface area contributed by atoms with Gasteiger partial charge in [-0.2, -0.15) is 0 Å². The van der Waals surface area contributed by atoms with Crippen LogP contribution < -0.4 is 5.32 Å². The second-order valence-corrected chi connectivity index (χ2v) is 7.22. The fourth-order valence-electron chi connectivity index (χ4n) is 2.10. The van der Waals surface area contributed by atoms with Crippen LogP contribution in [0.4, 0.5) is 5.69 Å². The van der Waals surface area contributed by atoms with Crippen LogP contribution in [0, 0.1) is 20.8 Å². The Labute approximate surface area is 162 Å². The molecule has 2 amide bonds. The Morgan fingerprint density at radius 3 is 2.38 bits per heavy atom. The lowest BCUT2D eigenvalue weighted by Crippen LogP contribution is -2.36. The molecule has 2 aromatic rings. The summed E-state index contributed by atoms with van der Waals surface area (Å²) < 4.78 is 0. The second kappa shape index (κ2) is 9.00. The maximum atomic E-state index is 12.3. The number of nitrogens with one attached hydrogen (secondary N) is 1. The summed E-state index contributed by atoms with van der Waals surface area (Å²) in [6, 6.07) is 6.95. The van der Waals surface area contributed by atoms with Crippen LogP contribution in [-0.2, 0) is 9.59 Å². The molecule has 6 nitrogen and oxygen atoms in total. The molecule has 0 radical (unpaired) electrons. The zero-order chi connectivity index (χ0) is 19.3. The standard InChI is InChI=1S/C18H21ClN4O2S/c1-11-12(2)20-18(21-13(11)3)26-10-17(25)23(4)9-16(24)22-15-8-6-5-7-14(15)19/h5-8H,9-10H2,1-4H3,(H,22,24). The molecular formula is C18H21ClN4O2S. The molecule has 0 fully saturated rings. The molecule has 1 heterocycles. The van der Waals surface area contributed by atoms with Gasteiger partial charge < -0.3 is 10.2 Å². The molecule has 0 aliphatic rings. The minimum Gasteiger partial charge on any atom is -0.336 e. The van der Waals surface area contributed by atoms with Crippen molar-refractivity contribution in [3.8, 4) is 0 Å². The molecule has 0 aliphatic carbocycles. The Bertz CT molecular complexity index is 806. The van der Waals surface area contributed by atoms with Gasteiger partial charge in [0, 0.05) is 18.4 Å². The lowest BCUT2D eigenvalue weighted by Gasteiger charge is -2.17. The monoisotopic (exact) mass is 392 g/mol. The van der Waals surface area contributed by atoms with Crippen molar-refractivity contribution in [1.82, 2.24) is 14.9 Å². The highest BCUT2D eigenvalue weighted by atomic mass is 35.5. The Morgan fingerprint density at radius 1 is 1.15 bits per heavy atom. The number of carbonyl (C=O) groups is 2. The molecule has 0 unspecified atom stereocenters.